The standard InChI is InChI=1S/C22H23N3O/c26-22(21-11-10-18-7-3-4-9-20(18)24-21)23-13-5-14-25-15-12-17-6-1-2-8-19(17)16-25/h1-4,6-11H,5,12-16H2,(H,23,26). The number of benzene rings is 2. The molecule has 0 atom stereocenters. The number of rotatable bonds is 5. The molecule has 1 aromatic heterocycles. The average molecular weight is 345 g/mol. The first-order valence-corrected chi connectivity index (χ1v) is 9.23. The maximum atomic E-state index is 12.3. The molecule has 1 aliphatic heterocycles. The van der Waals surface area contributed by atoms with Gasteiger partial charge in [0, 0.05) is 31.6 Å². The van der Waals surface area contributed by atoms with Crippen LogP contribution in [0.5, 0.6) is 0 Å². The topological polar surface area (TPSA) is 45.2 Å². The maximum Gasteiger partial charge on any atom is 0.269 e. The summed E-state index contributed by atoms with van der Waals surface area (Å²) >= 11 is 0. The van der Waals surface area contributed by atoms with Gasteiger partial charge in [0.2, 0.25) is 0 Å². The van der Waals surface area contributed by atoms with Crippen LogP contribution in [0.15, 0.2) is 60.7 Å². The van der Waals surface area contributed by atoms with Gasteiger partial charge in [0.15, 0.2) is 0 Å². The van der Waals surface area contributed by atoms with Crippen molar-refractivity contribution >= 4 is 16.8 Å². The van der Waals surface area contributed by atoms with Gasteiger partial charge in [-0.25, -0.2) is 4.98 Å². The van der Waals surface area contributed by atoms with Gasteiger partial charge < -0.3 is 5.32 Å². The van der Waals surface area contributed by atoms with Crippen molar-refractivity contribution in [3.63, 3.8) is 0 Å². The molecule has 0 bridgehead atoms. The number of fused-ring (bicyclic) bond motifs is 2. The molecule has 26 heavy (non-hydrogen) atoms. The minimum atomic E-state index is -0.0975. The Bertz CT molecular complexity index is 922. The smallest absolute Gasteiger partial charge is 0.269 e. The third-order valence-corrected chi connectivity index (χ3v) is 4.98. The van der Waals surface area contributed by atoms with E-state index in [1.165, 1.54) is 11.1 Å². The van der Waals surface area contributed by atoms with Crippen molar-refractivity contribution in [2.45, 2.75) is 19.4 Å². The minimum absolute atomic E-state index is 0.0975. The van der Waals surface area contributed by atoms with Crippen LogP contribution in [0.4, 0.5) is 0 Å². The number of para-hydroxylation sites is 1. The van der Waals surface area contributed by atoms with Gasteiger partial charge in [-0.1, -0.05) is 48.5 Å². The van der Waals surface area contributed by atoms with Gasteiger partial charge in [0.1, 0.15) is 5.69 Å². The molecule has 0 aliphatic carbocycles. The third kappa shape index (κ3) is 3.75. The zero-order valence-corrected chi connectivity index (χ0v) is 14.8. The fourth-order valence-corrected chi connectivity index (χ4v) is 3.53. The molecule has 1 amide bonds. The highest BCUT2D eigenvalue weighted by Crippen LogP contribution is 2.18. The van der Waals surface area contributed by atoms with Crippen molar-refractivity contribution in [1.29, 1.82) is 0 Å². The molecule has 1 aliphatic rings. The van der Waals surface area contributed by atoms with Gasteiger partial charge in [0.25, 0.3) is 5.91 Å². The lowest BCUT2D eigenvalue weighted by molar-refractivity contribution is 0.0946. The first-order valence-electron chi connectivity index (χ1n) is 9.23. The van der Waals surface area contributed by atoms with Crippen LogP contribution in [0.2, 0.25) is 0 Å². The van der Waals surface area contributed by atoms with E-state index in [0.29, 0.717) is 12.2 Å². The number of amides is 1. The summed E-state index contributed by atoms with van der Waals surface area (Å²) in [5, 5.41) is 4.04. The highest BCUT2D eigenvalue weighted by Gasteiger charge is 2.15. The summed E-state index contributed by atoms with van der Waals surface area (Å²) < 4.78 is 0. The molecule has 4 nitrogen and oxygen atoms in total. The van der Waals surface area contributed by atoms with Crippen LogP contribution in [0, 0.1) is 0 Å². The van der Waals surface area contributed by atoms with E-state index in [2.05, 4.69) is 39.5 Å². The number of pyridine rings is 1. The summed E-state index contributed by atoms with van der Waals surface area (Å²) in [4.78, 5) is 19.2. The third-order valence-electron chi connectivity index (χ3n) is 4.98. The quantitative estimate of drug-likeness (QED) is 0.721. The Morgan fingerprint density at radius 1 is 1.00 bits per heavy atom. The monoisotopic (exact) mass is 345 g/mol. The highest BCUT2D eigenvalue weighted by molar-refractivity contribution is 5.94. The van der Waals surface area contributed by atoms with Gasteiger partial charge in [-0.05, 0) is 36.1 Å². The fraction of sp³-hybridized carbons (Fsp3) is 0.273. The van der Waals surface area contributed by atoms with Crippen molar-refractivity contribution in [3.8, 4) is 0 Å². The molecule has 0 radical (unpaired) electrons. The second kappa shape index (κ2) is 7.67. The number of nitrogens with one attached hydrogen (secondary N) is 1. The predicted molar refractivity (Wildman–Crippen MR) is 104 cm³/mol. The average Bonchev–Trinajstić information content (AvgIpc) is 2.70. The van der Waals surface area contributed by atoms with Crippen molar-refractivity contribution in [2.75, 3.05) is 19.6 Å². The maximum absolute atomic E-state index is 12.3. The lowest BCUT2D eigenvalue weighted by Gasteiger charge is -2.28. The van der Waals surface area contributed by atoms with Crippen LogP contribution in [-0.2, 0) is 13.0 Å². The van der Waals surface area contributed by atoms with Crippen LogP contribution < -0.4 is 5.32 Å². The molecule has 0 fully saturated rings. The van der Waals surface area contributed by atoms with E-state index in [1.807, 2.05) is 30.3 Å². The van der Waals surface area contributed by atoms with Crippen LogP contribution in [0.3, 0.4) is 0 Å². The molecule has 0 saturated carbocycles. The largest absolute Gasteiger partial charge is 0.351 e. The first-order chi connectivity index (χ1) is 12.8. The molecular weight excluding hydrogens is 322 g/mol. The summed E-state index contributed by atoms with van der Waals surface area (Å²) in [7, 11) is 0. The lowest BCUT2D eigenvalue weighted by Crippen LogP contribution is -2.33. The minimum Gasteiger partial charge on any atom is -0.351 e. The van der Waals surface area contributed by atoms with Crippen LogP contribution in [-0.4, -0.2) is 35.4 Å². The molecular formula is C22H23N3O. The zero-order valence-electron chi connectivity index (χ0n) is 14.8. The number of carbonyl (C=O) groups excluding carboxylic acids is 1. The molecule has 2 heterocycles. The summed E-state index contributed by atoms with van der Waals surface area (Å²) in [5.41, 5.74) is 4.24. The number of carbonyl (C=O) groups is 1. The van der Waals surface area contributed by atoms with Crippen molar-refractivity contribution in [1.82, 2.24) is 15.2 Å². The Kier molecular flexibility index (Phi) is 4.93. The second-order valence-corrected chi connectivity index (χ2v) is 6.79. The van der Waals surface area contributed by atoms with Crippen LogP contribution in [0.25, 0.3) is 10.9 Å². The Labute approximate surface area is 153 Å². The van der Waals surface area contributed by atoms with Crippen LogP contribution in [0.1, 0.15) is 28.0 Å². The highest BCUT2D eigenvalue weighted by atomic mass is 16.1. The number of nitrogens with zero attached hydrogens (tertiary/aromatic N) is 2. The molecule has 0 unspecified atom stereocenters. The van der Waals surface area contributed by atoms with Gasteiger partial charge >= 0.3 is 0 Å². The summed E-state index contributed by atoms with van der Waals surface area (Å²) in [6.45, 7) is 3.78. The first kappa shape index (κ1) is 16.7. The molecule has 0 spiro atoms. The fourth-order valence-electron chi connectivity index (χ4n) is 3.53. The van der Waals surface area contributed by atoms with Gasteiger partial charge in [-0.15, -0.1) is 0 Å². The summed E-state index contributed by atoms with van der Waals surface area (Å²) in [5.74, 6) is -0.0975. The molecule has 2 aromatic carbocycles. The van der Waals surface area contributed by atoms with E-state index in [9.17, 15) is 4.79 Å². The molecule has 132 valence electrons. The van der Waals surface area contributed by atoms with E-state index in [4.69, 9.17) is 0 Å². The SMILES string of the molecule is O=C(NCCCN1CCc2ccccc2C1)c1ccc2ccccc2n1. The van der Waals surface area contributed by atoms with Gasteiger partial charge in [0.05, 0.1) is 5.52 Å². The van der Waals surface area contributed by atoms with E-state index in [-0.39, 0.29) is 5.91 Å². The van der Waals surface area contributed by atoms with Crippen LogP contribution >= 0.6 is 0 Å². The Hall–Kier alpha value is -2.72. The molecule has 3 aromatic rings. The molecule has 1 N–H and O–H groups in total. The van der Waals surface area contributed by atoms with Crippen molar-refractivity contribution < 1.29 is 4.79 Å². The Morgan fingerprint density at radius 2 is 1.81 bits per heavy atom. The van der Waals surface area contributed by atoms with E-state index in [1.54, 1.807) is 6.07 Å². The van der Waals surface area contributed by atoms with E-state index >= 15 is 0 Å². The lowest BCUT2D eigenvalue weighted by atomic mass is 10.00. The Morgan fingerprint density at radius 3 is 2.73 bits per heavy atom. The molecule has 4 rings (SSSR count). The van der Waals surface area contributed by atoms with E-state index in [0.717, 1.165) is 43.4 Å². The second-order valence-electron chi connectivity index (χ2n) is 6.79. The number of aromatic nitrogens is 1. The summed E-state index contributed by atoms with van der Waals surface area (Å²) in [6.07, 6.45) is 2.06. The van der Waals surface area contributed by atoms with Crippen molar-refractivity contribution in [3.05, 3.63) is 77.5 Å². The molecule has 0 saturated heterocycles. The predicted octanol–water partition coefficient (Wildman–Crippen LogP) is 3.41. The zero-order chi connectivity index (χ0) is 17.8. The number of hydrogen-bond acceptors (Lipinski definition) is 3. The van der Waals surface area contributed by atoms with Gasteiger partial charge in [-0.3, -0.25) is 9.69 Å². The number of hydrogen-bond donors (Lipinski definition) is 1. The van der Waals surface area contributed by atoms with Gasteiger partial charge in [-0.2, -0.15) is 0 Å². The summed E-state index contributed by atoms with van der Waals surface area (Å²) in [6, 6.07) is 20.3. The molecule has 4 heteroatoms. The van der Waals surface area contributed by atoms with E-state index < -0.39 is 0 Å². The Balaban J connectivity index is 1.26. The van der Waals surface area contributed by atoms with Crippen molar-refractivity contribution in [2.24, 2.45) is 0 Å². The normalized spacial score (nSPS) is 14.2.